The minimum Gasteiger partial charge on any atom is -0.379 e. The van der Waals surface area contributed by atoms with Crippen LogP contribution in [0.3, 0.4) is 0 Å². The maximum absolute atomic E-state index is 13.9. The summed E-state index contributed by atoms with van der Waals surface area (Å²) in [6.07, 6.45) is 1.78. The quantitative estimate of drug-likeness (QED) is 0.549. The molecule has 1 aliphatic rings. The summed E-state index contributed by atoms with van der Waals surface area (Å²) >= 11 is 2.11. The van der Waals surface area contributed by atoms with Crippen molar-refractivity contribution in [2.24, 2.45) is 0 Å². The predicted octanol–water partition coefficient (Wildman–Crippen LogP) is 4.20. The summed E-state index contributed by atoms with van der Waals surface area (Å²) in [5.41, 5.74) is 1.000. The summed E-state index contributed by atoms with van der Waals surface area (Å²) in [7, 11) is 0. The molecule has 1 saturated heterocycles. The summed E-state index contributed by atoms with van der Waals surface area (Å²) in [4.78, 5) is 0. The Bertz CT molecular complexity index is 746. The van der Waals surface area contributed by atoms with Crippen LogP contribution in [-0.2, 0) is 10.0 Å². The first-order chi connectivity index (χ1) is 11.5. The normalized spacial score (nSPS) is 20.1. The van der Waals surface area contributed by atoms with E-state index in [-0.39, 0.29) is 17.7 Å². The highest BCUT2D eigenvalue weighted by Gasteiger charge is 2.42. The van der Waals surface area contributed by atoms with Gasteiger partial charge in [-0.2, -0.15) is 0 Å². The average Bonchev–Trinajstić information content (AvgIpc) is 3.12. The number of hydrogen-bond donors (Lipinski definition) is 2. The lowest BCUT2D eigenvalue weighted by molar-refractivity contribution is 0.0440. The summed E-state index contributed by atoms with van der Waals surface area (Å²) in [6.45, 7) is 2.51. The first kappa shape index (κ1) is 17.8. The van der Waals surface area contributed by atoms with E-state index in [0.717, 1.165) is 19.4 Å². The second-order valence-electron chi connectivity index (χ2n) is 6.32. The summed E-state index contributed by atoms with van der Waals surface area (Å²) in [5.74, 6) is -0.572. The van der Waals surface area contributed by atoms with Gasteiger partial charge in [-0.3, -0.25) is 0 Å². The third kappa shape index (κ3) is 3.09. The van der Waals surface area contributed by atoms with Gasteiger partial charge in [-0.25, -0.2) is 8.78 Å². The van der Waals surface area contributed by atoms with Crippen molar-refractivity contribution >= 4 is 22.6 Å². The van der Waals surface area contributed by atoms with Gasteiger partial charge in [0, 0.05) is 10.5 Å². The minimum atomic E-state index is -1.32. The van der Waals surface area contributed by atoms with Crippen molar-refractivity contribution in [1.29, 1.82) is 0 Å². The van der Waals surface area contributed by atoms with Crippen molar-refractivity contribution in [1.82, 2.24) is 5.32 Å². The Labute approximate surface area is 154 Å². The van der Waals surface area contributed by atoms with Crippen molar-refractivity contribution in [3.8, 4) is 0 Å². The summed E-state index contributed by atoms with van der Waals surface area (Å²) in [5, 5.41) is 15.0. The third-order valence-electron chi connectivity index (χ3n) is 4.79. The molecule has 0 amide bonds. The van der Waals surface area contributed by atoms with Crippen LogP contribution in [0, 0.1) is 18.6 Å². The number of hydrogen-bond acceptors (Lipinski definition) is 2. The molecule has 3 rings (SSSR count). The molecule has 2 nitrogen and oxygen atoms in total. The fourth-order valence-electron chi connectivity index (χ4n) is 3.41. The van der Waals surface area contributed by atoms with E-state index in [1.54, 1.807) is 31.2 Å². The van der Waals surface area contributed by atoms with Crippen LogP contribution in [0.15, 0.2) is 36.4 Å². The minimum absolute atomic E-state index is 0.185. The molecule has 1 heterocycles. The van der Waals surface area contributed by atoms with E-state index in [2.05, 4.69) is 27.9 Å². The Morgan fingerprint density at radius 1 is 1.17 bits per heavy atom. The molecule has 0 aliphatic carbocycles. The van der Waals surface area contributed by atoms with Crippen molar-refractivity contribution in [2.75, 3.05) is 6.54 Å². The van der Waals surface area contributed by atoms with Crippen molar-refractivity contribution < 1.29 is 13.9 Å². The Morgan fingerprint density at radius 2 is 1.83 bits per heavy atom. The monoisotopic (exact) mass is 443 g/mol. The zero-order valence-electron chi connectivity index (χ0n) is 13.5. The van der Waals surface area contributed by atoms with Crippen LogP contribution in [0.1, 0.15) is 35.1 Å². The molecule has 2 aromatic rings. The van der Waals surface area contributed by atoms with Gasteiger partial charge in [-0.05, 0) is 72.8 Å². The fraction of sp³-hybridized carbons (Fsp3) is 0.368. The van der Waals surface area contributed by atoms with Gasteiger partial charge in [0.25, 0.3) is 0 Å². The highest BCUT2D eigenvalue weighted by atomic mass is 127. The molecule has 2 aromatic carbocycles. The second-order valence-corrected chi connectivity index (χ2v) is 7.08. The van der Waals surface area contributed by atoms with E-state index in [1.807, 2.05) is 0 Å². The molecule has 1 fully saturated rings. The van der Waals surface area contributed by atoms with Gasteiger partial charge in [0.1, 0.15) is 17.2 Å². The summed E-state index contributed by atoms with van der Waals surface area (Å²) in [6, 6.07) is 9.25. The molecule has 0 aromatic heterocycles. The first-order valence-corrected chi connectivity index (χ1v) is 9.56. The lowest BCUT2D eigenvalue weighted by Crippen LogP contribution is -2.46. The molecule has 0 radical (unpaired) electrons. The fourth-order valence-corrected chi connectivity index (χ4v) is 3.99. The Balaban J connectivity index is 2.16. The van der Waals surface area contributed by atoms with Crippen LogP contribution in [0.4, 0.5) is 8.78 Å². The van der Waals surface area contributed by atoms with Crippen LogP contribution >= 0.6 is 22.6 Å². The van der Waals surface area contributed by atoms with Gasteiger partial charge in [-0.1, -0.05) is 34.7 Å². The number of halogens is 3. The van der Waals surface area contributed by atoms with Gasteiger partial charge < -0.3 is 10.4 Å². The number of rotatable bonds is 4. The topological polar surface area (TPSA) is 32.3 Å². The molecule has 5 heteroatoms. The van der Waals surface area contributed by atoms with E-state index in [1.165, 1.54) is 12.1 Å². The number of alkyl halides is 1. The van der Waals surface area contributed by atoms with Crippen LogP contribution < -0.4 is 5.32 Å². The van der Waals surface area contributed by atoms with E-state index in [4.69, 9.17) is 0 Å². The molecule has 128 valence electrons. The summed E-state index contributed by atoms with van der Waals surface area (Å²) < 4.78 is 28.1. The van der Waals surface area contributed by atoms with Gasteiger partial charge >= 0.3 is 0 Å². The molecule has 0 spiro atoms. The maximum Gasteiger partial charge on any atom is 0.130 e. The number of benzene rings is 2. The molecule has 0 bridgehead atoms. The van der Waals surface area contributed by atoms with Crippen molar-refractivity contribution in [2.45, 2.75) is 35.8 Å². The van der Waals surface area contributed by atoms with Crippen LogP contribution in [-0.4, -0.2) is 17.7 Å². The lowest BCUT2D eigenvalue weighted by atomic mass is 9.78. The molecule has 0 saturated carbocycles. The van der Waals surface area contributed by atoms with E-state index < -0.39 is 5.60 Å². The molecular formula is C19H20F2INO. The van der Waals surface area contributed by atoms with Crippen molar-refractivity contribution in [3.63, 3.8) is 0 Å². The lowest BCUT2D eigenvalue weighted by Gasteiger charge is -2.36. The van der Waals surface area contributed by atoms with E-state index in [9.17, 15) is 13.9 Å². The number of nitrogens with one attached hydrogen (secondary N) is 1. The molecule has 2 N–H and O–H groups in total. The Kier molecular flexibility index (Phi) is 5.22. The Morgan fingerprint density at radius 3 is 2.42 bits per heavy atom. The van der Waals surface area contributed by atoms with Gasteiger partial charge in [0.15, 0.2) is 0 Å². The number of aliphatic hydroxyl groups is 1. The molecular weight excluding hydrogens is 423 g/mol. The first-order valence-electron chi connectivity index (χ1n) is 8.04. The molecule has 1 aliphatic heterocycles. The van der Waals surface area contributed by atoms with Crippen LogP contribution in [0.2, 0.25) is 0 Å². The van der Waals surface area contributed by atoms with Gasteiger partial charge in [0.05, 0.1) is 0 Å². The third-order valence-corrected chi connectivity index (χ3v) is 5.61. The molecule has 24 heavy (non-hydrogen) atoms. The largest absolute Gasteiger partial charge is 0.379 e. The smallest absolute Gasteiger partial charge is 0.130 e. The maximum atomic E-state index is 13.9. The Hall–Kier alpha value is -1.05. The molecule has 2 atom stereocenters. The van der Waals surface area contributed by atoms with Crippen LogP contribution in [0.5, 0.6) is 0 Å². The van der Waals surface area contributed by atoms with Crippen molar-refractivity contribution in [3.05, 3.63) is 70.3 Å². The zero-order valence-corrected chi connectivity index (χ0v) is 15.6. The zero-order chi connectivity index (χ0) is 17.3. The highest BCUT2D eigenvalue weighted by Crippen LogP contribution is 2.38. The van der Waals surface area contributed by atoms with E-state index >= 15 is 0 Å². The van der Waals surface area contributed by atoms with Crippen LogP contribution in [0.25, 0.3) is 0 Å². The van der Waals surface area contributed by atoms with Gasteiger partial charge in [-0.15, -0.1) is 0 Å². The number of aryl methyl sites for hydroxylation is 1. The van der Waals surface area contributed by atoms with Gasteiger partial charge in [0.2, 0.25) is 0 Å². The van der Waals surface area contributed by atoms with E-state index in [0.29, 0.717) is 26.7 Å². The average molecular weight is 443 g/mol. The SMILES string of the molecule is Cc1cc(C(O)(c2ccc(F)c(CI)c2)C2CCCN2)ccc1F. The standard InChI is InChI=1S/C19H20F2INO/c1-12-9-14(4-6-16(12)20)19(24,18-3-2-8-23-18)15-5-7-17(21)13(10-15)11-22/h4-7,9-10,18,23-24H,2-3,8,11H2,1H3. The predicted molar refractivity (Wildman–Crippen MR) is 99.3 cm³/mol. The second kappa shape index (κ2) is 7.06. The highest BCUT2D eigenvalue weighted by molar-refractivity contribution is 14.1. The molecule has 2 unspecified atom stereocenters.